The van der Waals surface area contributed by atoms with E-state index in [0.717, 1.165) is 49.4 Å². The van der Waals surface area contributed by atoms with E-state index in [2.05, 4.69) is 18.8 Å². The van der Waals surface area contributed by atoms with Gasteiger partial charge in [-0.15, -0.1) is 0 Å². The summed E-state index contributed by atoms with van der Waals surface area (Å²) < 4.78 is 7.54. The molecule has 2 heterocycles. The molecule has 126 valence electrons. The van der Waals surface area contributed by atoms with Gasteiger partial charge in [-0.3, -0.25) is 9.20 Å². The Bertz CT molecular complexity index is 658. The molecule has 0 radical (unpaired) electrons. The number of nitrogens with zero attached hydrogens (tertiary/aromatic N) is 3. The van der Waals surface area contributed by atoms with Crippen LogP contribution in [0.5, 0.6) is 5.75 Å². The van der Waals surface area contributed by atoms with E-state index in [1.165, 1.54) is 0 Å². The molecule has 1 amide bonds. The molecule has 0 unspecified atom stereocenters. The summed E-state index contributed by atoms with van der Waals surface area (Å²) in [6.45, 7) is 10.3. The maximum Gasteiger partial charge on any atom is 0.272 e. The predicted molar refractivity (Wildman–Crippen MR) is 92.2 cm³/mol. The zero-order valence-electron chi connectivity index (χ0n) is 14.6. The molecule has 2 aromatic heterocycles. The van der Waals surface area contributed by atoms with Crippen molar-refractivity contribution in [3.8, 4) is 5.75 Å². The van der Waals surface area contributed by atoms with Gasteiger partial charge >= 0.3 is 0 Å². The SMILES string of the molecule is CCCN(CCC)C(=O)c1c(CC)nc2c(OCC)cccn12. The van der Waals surface area contributed by atoms with Crippen LogP contribution >= 0.6 is 0 Å². The summed E-state index contributed by atoms with van der Waals surface area (Å²) in [5.74, 6) is 0.785. The molecule has 0 fully saturated rings. The van der Waals surface area contributed by atoms with Gasteiger partial charge in [-0.25, -0.2) is 4.98 Å². The third-order valence-electron chi connectivity index (χ3n) is 3.80. The standard InChI is InChI=1S/C18H27N3O2/c1-5-11-20(12-6-2)18(22)16-14(7-3)19-17-15(23-8-4)10-9-13-21(16)17/h9-10,13H,5-8,11-12H2,1-4H3. The molecular weight excluding hydrogens is 290 g/mol. The Morgan fingerprint density at radius 2 is 1.91 bits per heavy atom. The summed E-state index contributed by atoms with van der Waals surface area (Å²) in [6.07, 6.45) is 4.52. The molecule has 0 atom stereocenters. The van der Waals surface area contributed by atoms with E-state index >= 15 is 0 Å². The highest BCUT2D eigenvalue weighted by Gasteiger charge is 2.24. The first-order chi connectivity index (χ1) is 11.2. The van der Waals surface area contributed by atoms with Crippen molar-refractivity contribution in [3.05, 3.63) is 29.7 Å². The molecule has 0 N–H and O–H groups in total. The summed E-state index contributed by atoms with van der Waals surface area (Å²) in [6, 6.07) is 3.80. The van der Waals surface area contributed by atoms with Crippen LogP contribution in [0.2, 0.25) is 0 Å². The summed E-state index contributed by atoms with van der Waals surface area (Å²) >= 11 is 0. The third-order valence-corrected chi connectivity index (χ3v) is 3.80. The van der Waals surface area contributed by atoms with Crippen LogP contribution in [0.25, 0.3) is 5.65 Å². The molecule has 23 heavy (non-hydrogen) atoms. The van der Waals surface area contributed by atoms with Crippen LogP contribution < -0.4 is 4.74 Å². The normalized spacial score (nSPS) is 11.0. The monoisotopic (exact) mass is 317 g/mol. The predicted octanol–water partition coefficient (Wildman–Crippen LogP) is 3.56. The van der Waals surface area contributed by atoms with Gasteiger partial charge in [-0.05, 0) is 38.3 Å². The van der Waals surface area contributed by atoms with Crippen molar-refractivity contribution >= 4 is 11.6 Å². The zero-order chi connectivity index (χ0) is 16.8. The molecule has 0 aromatic carbocycles. The first-order valence-electron chi connectivity index (χ1n) is 8.59. The fourth-order valence-corrected chi connectivity index (χ4v) is 2.84. The molecule has 5 nitrogen and oxygen atoms in total. The molecule has 0 bridgehead atoms. The lowest BCUT2D eigenvalue weighted by molar-refractivity contribution is 0.0747. The van der Waals surface area contributed by atoms with Gasteiger partial charge in [0, 0.05) is 19.3 Å². The molecule has 0 aliphatic rings. The highest BCUT2D eigenvalue weighted by Crippen LogP contribution is 2.24. The molecule has 0 aliphatic heterocycles. The summed E-state index contributed by atoms with van der Waals surface area (Å²) in [7, 11) is 0. The van der Waals surface area contributed by atoms with Gasteiger partial charge < -0.3 is 9.64 Å². The molecule has 2 aromatic rings. The zero-order valence-corrected chi connectivity index (χ0v) is 14.6. The number of carbonyl (C=O) groups is 1. The van der Waals surface area contributed by atoms with Crippen LogP contribution in [0.3, 0.4) is 0 Å². The van der Waals surface area contributed by atoms with Crippen LogP contribution in [0.15, 0.2) is 18.3 Å². The lowest BCUT2D eigenvalue weighted by Gasteiger charge is -2.21. The van der Waals surface area contributed by atoms with Crippen molar-refractivity contribution in [2.45, 2.75) is 47.0 Å². The van der Waals surface area contributed by atoms with Crippen molar-refractivity contribution in [3.63, 3.8) is 0 Å². The largest absolute Gasteiger partial charge is 0.490 e. The number of rotatable bonds is 8. The highest BCUT2D eigenvalue weighted by atomic mass is 16.5. The molecular formula is C18H27N3O2. The van der Waals surface area contributed by atoms with Crippen molar-refractivity contribution in [1.29, 1.82) is 0 Å². The van der Waals surface area contributed by atoms with Gasteiger partial charge in [0.25, 0.3) is 5.91 Å². The number of hydrogen-bond acceptors (Lipinski definition) is 3. The van der Waals surface area contributed by atoms with E-state index in [1.807, 2.05) is 41.5 Å². The third kappa shape index (κ3) is 3.49. The van der Waals surface area contributed by atoms with E-state index in [4.69, 9.17) is 4.74 Å². The maximum absolute atomic E-state index is 13.1. The lowest BCUT2D eigenvalue weighted by atomic mass is 10.2. The second kappa shape index (κ2) is 7.99. The Morgan fingerprint density at radius 3 is 2.48 bits per heavy atom. The number of pyridine rings is 1. The number of amides is 1. The minimum atomic E-state index is 0.0618. The number of carbonyl (C=O) groups excluding carboxylic acids is 1. The number of aromatic nitrogens is 2. The van der Waals surface area contributed by atoms with Gasteiger partial charge in [0.1, 0.15) is 5.69 Å². The Hall–Kier alpha value is -2.04. The average Bonchev–Trinajstić information content (AvgIpc) is 2.94. The lowest BCUT2D eigenvalue weighted by Crippen LogP contribution is -2.33. The average molecular weight is 317 g/mol. The van der Waals surface area contributed by atoms with Crippen molar-refractivity contribution in [2.24, 2.45) is 0 Å². The molecule has 2 rings (SSSR count). The van der Waals surface area contributed by atoms with E-state index in [0.29, 0.717) is 12.3 Å². The van der Waals surface area contributed by atoms with E-state index in [1.54, 1.807) is 0 Å². The van der Waals surface area contributed by atoms with E-state index in [9.17, 15) is 4.79 Å². The van der Waals surface area contributed by atoms with Crippen molar-refractivity contribution in [2.75, 3.05) is 19.7 Å². The second-order valence-electron chi connectivity index (χ2n) is 5.55. The maximum atomic E-state index is 13.1. The van der Waals surface area contributed by atoms with Gasteiger partial charge in [0.15, 0.2) is 11.4 Å². The molecule has 0 aliphatic carbocycles. The number of hydrogen-bond donors (Lipinski definition) is 0. The molecule has 0 saturated heterocycles. The van der Waals surface area contributed by atoms with Crippen LogP contribution in [0, 0.1) is 0 Å². The minimum absolute atomic E-state index is 0.0618. The highest BCUT2D eigenvalue weighted by molar-refractivity contribution is 5.95. The minimum Gasteiger partial charge on any atom is -0.490 e. The van der Waals surface area contributed by atoms with Crippen LogP contribution in [-0.2, 0) is 6.42 Å². The Labute approximate surface area is 138 Å². The Kier molecular flexibility index (Phi) is 6.02. The van der Waals surface area contributed by atoms with Crippen LogP contribution in [0.4, 0.5) is 0 Å². The molecule has 5 heteroatoms. The van der Waals surface area contributed by atoms with Crippen LogP contribution in [-0.4, -0.2) is 39.9 Å². The Morgan fingerprint density at radius 1 is 1.22 bits per heavy atom. The summed E-state index contributed by atoms with van der Waals surface area (Å²) in [5.41, 5.74) is 2.23. The van der Waals surface area contributed by atoms with E-state index < -0.39 is 0 Å². The van der Waals surface area contributed by atoms with Crippen LogP contribution in [0.1, 0.15) is 56.7 Å². The number of fused-ring (bicyclic) bond motifs is 1. The first-order valence-corrected chi connectivity index (χ1v) is 8.59. The van der Waals surface area contributed by atoms with Gasteiger partial charge in [-0.1, -0.05) is 20.8 Å². The van der Waals surface area contributed by atoms with Crippen molar-refractivity contribution < 1.29 is 9.53 Å². The first kappa shape index (κ1) is 17.3. The number of ether oxygens (including phenoxy) is 1. The Balaban J connectivity index is 2.53. The topological polar surface area (TPSA) is 46.8 Å². The smallest absolute Gasteiger partial charge is 0.272 e. The van der Waals surface area contributed by atoms with Gasteiger partial charge in [-0.2, -0.15) is 0 Å². The van der Waals surface area contributed by atoms with Gasteiger partial charge in [0.2, 0.25) is 0 Å². The molecule has 0 spiro atoms. The number of imidazole rings is 1. The van der Waals surface area contributed by atoms with E-state index in [-0.39, 0.29) is 5.91 Å². The van der Waals surface area contributed by atoms with Crippen molar-refractivity contribution in [1.82, 2.24) is 14.3 Å². The van der Waals surface area contributed by atoms with Gasteiger partial charge in [0.05, 0.1) is 12.3 Å². The molecule has 0 saturated carbocycles. The second-order valence-corrected chi connectivity index (χ2v) is 5.55. The summed E-state index contributed by atoms with van der Waals surface area (Å²) in [5, 5.41) is 0. The fourth-order valence-electron chi connectivity index (χ4n) is 2.84. The fraction of sp³-hybridized carbons (Fsp3) is 0.556. The summed E-state index contributed by atoms with van der Waals surface area (Å²) in [4.78, 5) is 19.7. The quantitative estimate of drug-likeness (QED) is 0.748. The number of aryl methyl sites for hydroxylation is 1.